The van der Waals surface area contributed by atoms with Gasteiger partial charge in [0.2, 0.25) is 11.4 Å². The van der Waals surface area contributed by atoms with Crippen molar-refractivity contribution in [3.05, 3.63) is 95.6 Å². The Labute approximate surface area is 184 Å². The van der Waals surface area contributed by atoms with Crippen molar-refractivity contribution < 1.29 is 53.5 Å². The molecular formula is C20H20Br2N4O2. The van der Waals surface area contributed by atoms with Gasteiger partial charge in [-0.25, -0.2) is 0 Å². The first-order valence-electron chi connectivity index (χ1n) is 8.20. The highest BCUT2D eigenvalue weighted by molar-refractivity contribution is 5.74. The predicted octanol–water partition coefficient (Wildman–Crippen LogP) is -4.02. The summed E-state index contributed by atoms with van der Waals surface area (Å²) in [7, 11) is 0. The van der Waals surface area contributed by atoms with Gasteiger partial charge in [0.1, 0.15) is 12.4 Å². The van der Waals surface area contributed by atoms with Crippen molar-refractivity contribution in [3.63, 3.8) is 0 Å². The van der Waals surface area contributed by atoms with Crippen LogP contribution in [0.25, 0.3) is 0 Å². The maximum absolute atomic E-state index is 8.86. The highest BCUT2D eigenvalue weighted by Crippen LogP contribution is 2.09. The molecular weight excluding hydrogens is 488 g/mol. The van der Waals surface area contributed by atoms with Crippen LogP contribution in [0.2, 0.25) is 0 Å². The van der Waals surface area contributed by atoms with Crippen LogP contribution in [0.5, 0.6) is 0 Å². The normalized spacial score (nSPS) is 10.6. The van der Waals surface area contributed by atoms with Crippen molar-refractivity contribution in [3.8, 4) is 0 Å². The predicted molar refractivity (Wildman–Crippen MR) is 96.7 cm³/mol. The molecule has 28 heavy (non-hydrogen) atoms. The minimum absolute atomic E-state index is 0. The molecule has 2 aromatic heterocycles. The molecule has 0 saturated carbocycles. The molecule has 0 radical (unpaired) electrons. The molecule has 0 spiro atoms. The van der Waals surface area contributed by atoms with Crippen LogP contribution in [0.3, 0.4) is 0 Å². The smallest absolute Gasteiger partial charge is 0.227 e. The zero-order valence-electron chi connectivity index (χ0n) is 14.9. The lowest BCUT2D eigenvalue weighted by molar-refractivity contribution is -0.694. The largest absolute Gasteiger partial charge is 1.00 e. The van der Waals surface area contributed by atoms with E-state index in [0.29, 0.717) is 13.1 Å². The average Bonchev–Trinajstić information content (AvgIpc) is 2.67. The Morgan fingerprint density at radius 2 is 1.04 bits per heavy atom. The van der Waals surface area contributed by atoms with E-state index in [2.05, 4.69) is 22.4 Å². The van der Waals surface area contributed by atoms with Crippen LogP contribution in [-0.4, -0.2) is 22.8 Å². The molecule has 3 rings (SSSR count). The van der Waals surface area contributed by atoms with Crippen molar-refractivity contribution in [1.29, 1.82) is 0 Å². The number of halogens is 2. The molecule has 146 valence electrons. The summed E-state index contributed by atoms with van der Waals surface area (Å²) in [6, 6.07) is 19.7. The van der Waals surface area contributed by atoms with Gasteiger partial charge in [-0.1, -0.05) is 34.6 Å². The second-order valence-corrected chi connectivity index (χ2v) is 5.76. The summed E-state index contributed by atoms with van der Waals surface area (Å²) in [5.74, 6) is 0. The number of pyridine rings is 2. The zero-order valence-corrected chi connectivity index (χ0v) is 18.1. The third-order valence-corrected chi connectivity index (χ3v) is 4.13. The fourth-order valence-electron chi connectivity index (χ4n) is 2.85. The van der Waals surface area contributed by atoms with E-state index in [9.17, 15) is 0 Å². The third kappa shape index (κ3) is 5.97. The number of nitrogens with zero attached hydrogens (tertiary/aromatic N) is 4. The van der Waals surface area contributed by atoms with E-state index in [4.69, 9.17) is 10.4 Å². The van der Waals surface area contributed by atoms with Crippen LogP contribution < -0.4 is 43.1 Å². The highest BCUT2D eigenvalue weighted by atomic mass is 79.9. The van der Waals surface area contributed by atoms with Gasteiger partial charge in [0, 0.05) is 35.4 Å². The lowest BCUT2D eigenvalue weighted by Crippen LogP contribution is -3.00. The van der Waals surface area contributed by atoms with Crippen LogP contribution in [0.1, 0.15) is 22.5 Å². The van der Waals surface area contributed by atoms with E-state index in [1.54, 1.807) is 0 Å². The number of rotatable bonds is 6. The molecule has 8 heteroatoms. The molecule has 3 aromatic rings. The SMILES string of the molecule is O/N=C/c1cccc[n+]1Cc1ccccc1C[n+]1ccccc1/C=N/O.[Br-].[Br-]. The first kappa shape index (κ1) is 23.5. The van der Waals surface area contributed by atoms with Crippen LogP contribution in [0, 0.1) is 0 Å². The zero-order chi connectivity index (χ0) is 18.2. The maximum Gasteiger partial charge on any atom is 0.227 e. The number of benzene rings is 1. The van der Waals surface area contributed by atoms with Crippen molar-refractivity contribution in [1.82, 2.24) is 0 Å². The number of hydrogen-bond donors (Lipinski definition) is 2. The molecule has 0 atom stereocenters. The van der Waals surface area contributed by atoms with Crippen LogP contribution in [0.15, 0.2) is 83.4 Å². The van der Waals surface area contributed by atoms with Gasteiger partial charge < -0.3 is 44.4 Å². The van der Waals surface area contributed by atoms with E-state index in [1.165, 1.54) is 12.4 Å². The quantitative estimate of drug-likeness (QED) is 0.154. The maximum atomic E-state index is 8.86. The fourth-order valence-corrected chi connectivity index (χ4v) is 2.85. The van der Waals surface area contributed by atoms with Gasteiger partial charge in [-0.05, 0) is 12.1 Å². The van der Waals surface area contributed by atoms with E-state index < -0.39 is 0 Å². The van der Waals surface area contributed by atoms with Gasteiger partial charge >= 0.3 is 0 Å². The van der Waals surface area contributed by atoms with Gasteiger partial charge in [0.05, 0.1) is 0 Å². The van der Waals surface area contributed by atoms with Crippen LogP contribution in [-0.2, 0) is 13.1 Å². The third-order valence-electron chi connectivity index (χ3n) is 4.13. The Hall–Kier alpha value is -2.58. The Morgan fingerprint density at radius 1 is 0.643 bits per heavy atom. The summed E-state index contributed by atoms with van der Waals surface area (Å²) < 4.78 is 4.04. The summed E-state index contributed by atoms with van der Waals surface area (Å²) in [5, 5.41) is 24.0. The molecule has 0 saturated heterocycles. The van der Waals surface area contributed by atoms with Crippen molar-refractivity contribution in [2.45, 2.75) is 13.1 Å². The molecule has 6 nitrogen and oxygen atoms in total. The van der Waals surface area contributed by atoms with Gasteiger partial charge in [-0.2, -0.15) is 9.13 Å². The summed E-state index contributed by atoms with van der Waals surface area (Å²) in [6.45, 7) is 1.30. The molecule has 0 bridgehead atoms. The molecule has 0 fully saturated rings. The minimum Gasteiger partial charge on any atom is -1.00 e. The van der Waals surface area contributed by atoms with E-state index >= 15 is 0 Å². The van der Waals surface area contributed by atoms with Gasteiger partial charge in [0.15, 0.2) is 25.5 Å². The topological polar surface area (TPSA) is 72.9 Å². The molecule has 0 aliphatic heterocycles. The monoisotopic (exact) mass is 506 g/mol. The Kier molecular flexibility index (Phi) is 10.0. The Balaban J connectivity index is 0.00000196. The number of aromatic nitrogens is 2. The Morgan fingerprint density at radius 3 is 1.43 bits per heavy atom. The first-order chi connectivity index (χ1) is 12.8. The molecule has 1 aromatic carbocycles. The molecule has 2 N–H and O–H groups in total. The summed E-state index contributed by atoms with van der Waals surface area (Å²) >= 11 is 0. The molecule has 0 unspecified atom stereocenters. The second-order valence-electron chi connectivity index (χ2n) is 5.76. The summed E-state index contributed by atoms with van der Waals surface area (Å²) in [5.41, 5.74) is 3.93. The van der Waals surface area contributed by atoms with Gasteiger partial charge in [-0.15, -0.1) is 0 Å². The second kappa shape index (κ2) is 12.0. The average molecular weight is 508 g/mol. The summed E-state index contributed by atoms with van der Waals surface area (Å²) in [4.78, 5) is 0. The van der Waals surface area contributed by atoms with Crippen LogP contribution in [0.4, 0.5) is 0 Å². The van der Waals surface area contributed by atoms with Crippen molar-refractivity contribution >= 4 is 12.4 Å². The van der Waals surface area contributed by atoms with Crippen molar-refractivity contribution in [2.75, 3.05) is 0 Å². The van der Waals surface area contributed by atoms with E-state index in [0.717, 1.165) is 22.5 Å². The Bertz CT molecular complexity index is 872. The minimum atomic E-state index is 0. The van der Waals surface area contributed by atoms with Gasteiger partial charge in [-0.3, -0.25) is 0 Å². The summed E-state index contributed by atoms with van der Waals surface area (Å²) in [6.07, 6.45) is 6.75. The molecule has 0 amide bonds. The fraction of sp³-hybridized carbons (Fsp3) is 0.100. The van der Waals surface area contributed by atoms with E-state index in [1.807, 2.05) is 70.1 Å². The van der Waals surface area contributed by atoms with Gasteiger partial charge in [0.25, 0.3) is 0 Å². The standard InChI is InChI=1S/C20H18N4O2.2BrH/c25-21-13-19-9-3-5-11-23(19)15-17-7-1-2-8-18(17)16-24-12-6-4-10-20(24)14-22-26;;/h1-14H,15-16H2;2*1H. The number of hydrogen-bond acceptors (Lipinski definition) is 4. The lowest BCUT2D eigenvalue weighted by Gasteiger charge is -2.07. The number of oxime groups is 2. The first-order valence-corrected chi connectivity index (χ1v) is 8.20. The lowest BCUT2D eigenvalue weighted by atomic mass is 10.1. The molecule has 0 aliphatic carbocycles. The van der Waals surface area contributed by atoms with E-state index in [-0.39, 0.29) is 34.0 Å². The van der Waals surface area contributed by atoms with Crippen molar-refractivity contribution in [2.24, 2.45) is 10.3 Å². The molecule has 0 aliphatic rings. The molecule has 2 heterocycles. The highest BCUT2D eigenvalue weighted by Gasteiger charge is 2.15. The van der Waals surface area contributed by atoms with Crippen LogP contribution >= 0.6 is 0 Å².